The largest absolute Gasteiger partial charge is 0.378 e. The van der Waals surface area contributed by atoms with Crippen molar-refractivity contribution in [3.8, 4) is 0 Å². The molecule has 0 spiro atoms. The second kappa shape index (κ2) is 10.2. The summed E-state index contributed by atoms with van der Waals surface area (Å²) < 4.78 is 5.21. The van der Waals surface area contributed by atoms with Crippen LogP contribution in [0.5, 0.6) is 0 Å². The second-order valence-electron chi connectivity index (χ2n) is 3.77. The van der Waals surface area contributed by atoms with E-state index in [0.717, 1.165) is 5.56 Å². The first-order valence-electron chi connectivity index (χ1n) is 6.07. The van der Waals surface area contributed by atoms with E-state index < -0.39 is 0 Å². The minimum absolute atomic E-state index is 0.110. The number of amides is 1. The summed E-state index contributed by atoms with van der Waals surface area (Å²) in [6.07, 6.45) is 0. The molecule has 0 aromatic heterocycles. The molecule has 0 unspecified atom stereocenters. The van der Waals surface area contributed by atoms with Crippen LogP contribution in [-0.2, 0) is 9.53 Å². The van der Waals surface area contributed by atoms with Crippen molar-refractivity contribution in [2.24, 2.45) is 5.73 Å². The lowest BCUT2D eigenvalue weighted by atomic mass is 10.1. The van der Waals surface area contributed by atoms with Gasteiger partial charge >= 0.3 is 0 Å². The summed E-state index contributed by atoms with van der Waals surface area (Å²) in [5.41, 5.74) is 6.44. The zero-order chi connectivity index (χ0) is 14.7. The predicted octanol–water partition coefficient (Wildman–Crippen LogP) is 0.857. The first-order valence-corrected chi connectivity index (χ1v) is 6.07. The number of hydrogen-bond donors (Lipinski definition) is 1. The molecule has 0 radical (unpaired) electrons. The Labute approximate surface area is 114 Å². The van der Waals surface area contributed by atoms with Gasteiger partial charge in [0.15, 0.2) is 0 Å². The molecule has 5 nitrogen and oxygen atoms in total. The molecule has 1 saturated heterocycles. The van der Waals surface area contributed by atoms with Crippen LogP contribution in [0.1, 0.15) is 15.9 Å². The Morgan fingerprint density at radius 3 is 2.11 bits per heavy atom. The third-order valence-corrected chi connectivity index (χ3v) is 2.60. The first kappa shape index (κ1) is 17.3. The Kier molecular flexibility index (Phi) is 9.30. The van der Waals surface area contributed by atoms with Crippen LogP contribution in [0.3, 0.4) is 0 Å². The van der Waals surface area contributed by atoms with Gasteiger partial charge in [-0.25, -0.2) is 0 Å². The SMILES string of the molecule is C=O.CN.Cc1ccc(C(=O)N2CCOCC2)cc1. The van der Waals surface area contributed by atoms with Crippen molar-refractivity contribution in [1.29, 1.82) is 0 Å². The van der Waals surface area contributed by atoms with Gasteiger partial charge in [-0.1, -0.05) is 17.7 Å². The van der Waals surface area contributed by atoms with Crippen LogP contribution in [0.25, 0.3) is 0 Å². The summed E-state index contributed by atoms with van der Waals surface area (Å²) in [4.78, 5) is 21.8. The zero-order valence-corrected chi connectivity index (χ0v) is 11.6. The number of hydrogen-bond acceptors (Lipinski definition) is 4. The second-order valence-corrected chi connectivity index (χ2v) is 3.77. The molecule has 1 aromatic carbocycles. The smallest absolute Gasteiger partial charge is 0.254 e. The molecule has 1 aromatic rings. The van der Waals surface area contributed by atoms with E-state index >= 15 is 0 Å². The van der Waals surface area contributed by atoms with Gasteiger partial charge < -0.3 is 20.2 Å². The van der Waals surface area contributed by atoms with Gasteiger partial charge in [-0.2, -0.15) is 0 Å². The molecule has 5 heteroatoms. The van der Waals surface area contributed by atoms with Crippen molar-refractivity contribution in [3.05, 3.63) is 35.4 Å². The number of carbonyl (C=O) groups excluding carboxylic acids is 2. The van der Waals surface area contributed by atoms with E-state index in [1.165, 1.54) is 12.6 Å². The topological polar surface area (TPSA) is 72.6 Å². The van der Waals surface area contributed by atoms with Gasteiger partial charge in [-0.05, 0) is 26.1 Å². The molecule has 1 aliphatic rings. The van der Waals surface area contributed by atoms with E-state index in [9.17, 15) is 4.79 Å². The van der Waals surface area contributed by atoms with Crippen molar-refractivity contribution < 1.29 is 14.3 Å². The standard InChI is InChI=1S/C12H15NO2.CH5N.CH2O/c1-10-2-4-11(5-3-10)12(14)13-6-8-15-9-7-13;2*1-2/h2-5H,6-9H2,1H3;2H2,1H3;1H2. The summed E-state index contributed by atoms with van der Waals surface area (Å²) >= 11 is 0. The fourth-order valence-electron chi connectivity index (χ4n) is 1.65. The molecular weight excluding hydrogens is 244 g/mol. The van der Waals surface area contributed by atoms with Crippen LogP contribution in [0.4, 0.5) is 0 Å². The molecule has 19 heavy (non-hydrogen) atoms. The molecule has 0 saturated carbocycles. The summed E-state index contributed by atoms with van der Waals surface area (Å²) in [6.45, 7) is 6.72. The van der Waals surface area contributed by atoms with E-state index in [-0.39, 0.29) is 5.91 Å². The molecule has 0 bridgehead atoms. The highest BCUT2D eigenvalue weighted by Crippen LogP contribution is 2.08. The van der Waals surface area contributed by atoms with Gasteiger partial charge in [-0.15, -0.1) is 0 Å². The Balaban J connectivity index is 0.000000741. The fourth-order valence-corrected chi connectivity index (χ4v) is 1.65. The molecule has 106 valence electrons. The number of morpholine rings is 1. The Hall–Kier alpha value is -1.72. The monoisotopic (exact) mass is 266 g/mol. The minimum Gasteiger partial charge on any atom is -0.378 e. The average Bonchev–Trinajstić information content (AvgIpc) is 2.52. The third kappa shape index (κ3) is 5.63. The highest BCUT2D eigenvalue weighted by atomic mass is 16.5. The van der Waals surface area contributed by atoms with Gasteiger partial charge in [0.05, 0.1) is 13.2 Å². The highest BCUT2D eigenvalue weighted by molar-refractivity contribution is 5.94. The summed E-state index contributed by atoms with van der Waals surface area (Å²) in [6, 6.07) is 7.70. The summed E-state index contributed by atoms with van der Waals surface area (Å²) in [5, 5.41) is 0. The third-order valence-electron chi connectivity index (χ3n) is 2.60. The van der Waals surface area contributed by atoms with E-state index in [2.05, 4.69) is 5.73 Å². The van der Waals surface area contributed by atoms with Crippen LogP contribution < -0.4 is 5.73 Å². The number of aryl methyl sites for hydroxylation is 1. The van der Waals surface area contributed by atoms with Crippen LogP contribution in [0, 0.1) is 6.92 Å². The average molecular weight is 266 g/mol. The van der Waals surface area contributed by atoms with Crippen molar-refractivity contribution >= 4 is 12.7 Å². The predicted molar refractivity (Wildman–Crippen MR) is 75.1 cm³/mol. The van der Waals surface area contributed by atoms with E-state index in [4.69, 9.17) is 9.53 Å². The molecule has 1 fully saturated rings. The Bertz CT molecular complexity index is 359. The fraction of sp³-hybridized carbons (Fsp3) is 0.429. The van der Waals surface area contributed by atoms with Gasteiger partial charge in [0, 0.05) is 18.7 Å². The van der Waals surface area contributed by atoms with Crippen molar-refractivity contribution in [2.45, 2.75) is 6.92 Å². The quantitative estimate of drug-likeness (QED) is 0.818. The van der Waals surface area contributed by atoms with Crippen LogP contribution in [0.15, 0.2) is 24.3 Å². The van der Waals surface area contributed by atoms with Gasteiger partial charge in [0.2, 0.25) is 0 Å². The summed E-state index contributed by atoms with van der Waals surface area (Å²) in [7, 11) is 1.50. The van der Waals surface area contributed by atoms with Gasteiger partial charge in [-0.3, -0.25) is 4.79 Å². The van der Waals surface area contributed by atoms with Crippen LogP contribution in [0.2, 0.25) is 0 Å². The maximum Gasteiger partial charge on any atom is 0.254 e. The zero-order valence-electron chi connectivity index (χ0n) is 11.6. The number of nitrogens with zero attached hydrogens (tertiary/aromatic N) is 1. The van der Waals surface area contributed by atoms with E-state index in [1.807, 2.05) is 42.9 Å². The lowest BCUT2D eigenvalue weighted by Gasteiger charge is -2.26. The van der Waals surface area contributed by atoms with Crippen molar-refractivity contribution in [3.63, 3.8) is 0 Å². The number of rotatable bonds is 1. The first-order chi connectivity index (χ1) is 9.27. The Morgan fingerprint density at radius 1 is 1.16 bits per heavy atom. The molecule has 2 N–H and O–H groups in total. The molecule has 0 aliphatic carbocycles. The molecule has 1 amide bonds. The molecule has 0 atom stereocenters. The van der Waals surface area contributed by atoms with Crippen LogP contribution in [-0.4, -0.2) is 50.9 Å². The van der Waals surface area contributed by atoms with Crippen LogP contribution >= 0.6 is 0 Å². The minimum atomic E-state index is 0.110. The number of nitrogens with two attached hydrogens (primary N) is 1. The molecule has 1 aliphatic heterocycles. The maximum atomic E-state index is 12.0. The molecular formula is C14H22N2O3. The van der Waals surface area contributed by atoms with Gasteiger partial charge in [0.25, 0.3) is 5.91 Å². The van der Waals surface area contributed by atoms with Crippen molar-refractivity contribution in [1.82, 2.24) is 4.90 Å². The van der Waals surface area contributed by atoms with E-state index in [0.29, 0.717) is 26.3 Å². The number of carbonyl (C=O) groups is 2. The maximum absolute atomic E-state index is 12.0. The number of benzene rings is 1. The molecule has 2 rings (SSSR count). The Morgan fingerprint density at radius 2 is 1.63 bits per heavy atom. The molecule has 1 heterocycles. The summed E-state index contributed by atoms with van der Waals surface area (Å²) in [5.74, 6) is 0.110. The normalized spacial score (nSPS) is 13.5. The number of ether oxygens (including phenoxy) is 1. The lowest BCUT2D eigenvalue weighted by Crippen LogP contribution is -2.40. The van der Waals surface area contributed by atoms with Crippen molar-refractivity contribution in [2.75, 3.05) is 33.4 Å². The van der Waals surface area contributed by atoms with E-state index in [1.54, 1.807) is 0 Å². The highest BCUT2D eigenvalue weighted by Gasteiger charge is 2.17. The van der Waals surface area contributed by atoms with Gasteiger partial charge in [0.1, 0.15) is 6.79 Å². The lowest BCUT2D eigenvalue weighted by molar-refractivity contribution is -0.0979.